The Balaban J connectivity index is 2.16. The van der Waals surface area contributed by atoms with E-state index in [9.17, 15) is 34.2 Å². The fourth-order valence-corrected chi connectivity index (χ4v) is 3.41. The van der Waals surface area contributed by atoms with Gasteiger partial charge < -0.3 is 47.7 Å². The van der Waals surface area contributed by atoms with Crippen LogP contribution < -0.4 is 27.4 Å². The Morgan fingerprint density at radius 2 is 1.64 bits per heavy atom. The molecule has 0 bridgehead atoms. The van der Waals surface area contributed by atoms with Gasteiger partial charge in [0.25, 0.3) is 0 Å². The van der Waals surface area contributed by atoms with E-state index >= 15 is 0 Å². The maximum absolute atomic E-state index is 12.9. The van der Waals surface area contributed by atoms with E-state index in [4.69, 9.17) is 16.6 Å². The van der Waals surface area contributed by atoms with Gasteiger partial charge >= 0.3 is 5.97 Å². The predicted molar refractivity (Wildman–Crippen MR) is 126 cm³/mol. The Labute approximate surface area is 205 Å². The minimum absolute atomic E-state index is 0.0923. The molecule has 5 atom stereocenters. The highest BCUT2D eigenvalue weighted by molar-refractivity contribution is 5.96. The second-order valence-electron chi connectivity index (χ2n) is 8.21. The molecule has 0 aliphatic carbocycles. The number of carbonyl (C=O) groups is 5. The van der Waals surface area contributed by atoms with Gasteiger partial charge in [0.2, 0.25) is 23.6 Å². The molecule has 0 aliphatic rings. The number of hydrogen-bond acceptors (Lipinski definition) is 8. The topological polar surface area (TPSA) is 250 Å². The number of carboxylic acids is 1. The number of nitrogens with one attached hydrogen (secondary N) is 4. The van der Waals surface area contributed by atoms with Crippen molar-refractivity contribution in [2.45, 2.75) is 50.0 Å². The zero-order valence-electron chi connectivity index (χ0n) is 19.4. The summed E-state index contributed by atoms with van der Waals surface area (Å²) in [6.45, 7) is 0.450. The molecule has 196 valence electrons. The predicted octanol–water partition coefficient (Wildman–Crippen LogP) is -3.17. The Morgan fingerprint density at radius 1 is 1.00 bits per heavy atom. The summed E-state index contributed by atoms with van der Waals surface area (Å²) in [5.41, 5.74) is 11.9. The number of carboxylic acid groups (broad SMARTS) is 1. The quantitative estimate of drug-likeness (QED) is 0.133. The number of aliphatic hydroxyl groups excluding tert-OH is 2. The van der Waals surface area contributed by atoms with E-state index in [0.717, 1.165) is 10.9 Å². The lowest BCUT2D eigenvalue weighted by atomic mass is 10.0. The summed E-state index contributed by atoms with van der Waals surface area (Å²) in [5, 5.41) is 36.1. The van der Waals surface area contributed by atoms with Gasteiger partial charge in [-0.1, -0.05) is 18.2 Å². The van der Waals surface area contributed by atoms with Gasteiger partial charge in [-0.2, -0.15) is 0 Å². The van der Waals surface area contributed by atoms with Crippen molar-refractivity contribution in [2.24, 2.45) is 11.5 Å². The monoisotopic (exact) mass is 506 g/mol. The van der Waals surface area contributed by atoms with Crippen LogP contribution in [0.25, 0.3) is 10.9 Å². The number of hydrogen-bond donors (Lipinski definition) is 9. The van der Waals surface area contributed by atoms with Gasteiger partial charge in [-0.25, -0.2) is 4.79 Å². The number of H-pyrrole nitrogens is 1. The SMILES string of the molecule is CC(O)C(NC(=O)C(CC(N)=O)NC(=O)C(N)CO)C(=O)NC(Cc1c[nH]c2ccccc12)C(=O)O. The van der Waals surface area contributed by atoms with E-state index < -0.39 is 72.9 Å². The van der Waals surface area contributed by atoms with Crippen LogP contribution in [0.3, 0.4) is 0 Å². The number of benzene rings is 1. The Kier molecular flexibility index (Phi) is 9.90. The van der Waals surface area contributed by atoms with Crippen LogP contribution >= 0.6 is 0 Å². The third-order valence-corrected chi connectivity index (χ3v) is 5.35. The maximum Gasteiger partial charge on any atom is 0.326 e. The number of fused-ring (bicyclic) bond motifs is 1. The molecule has 1 heterocycles. The van der Waals surface area contributed by atoms with Crippen LogP contribution in [0.2, 0.25) is 0 Å². The van der Waals surface area contributed by atoms with E-state index in [2.05, 4.69) is 20.9 Å². The molecule has 14 heteroatoms. The van der Waals surface area contributed by atoms with Crippen molar-refractivity contribution in [1.29, 1.82) is 0 Å². The first-order valence-corrected chi connectivity index (χ1v) is 11.0. The van der Waals surface area contributed by atoms with E-state index in [0.29, 0.717) is 5.56 Å². The van der Waals surface area contributed by atoms with Crippen molar-refractivity contribution in [3.63, 3.8) is 0 Å². The number of para-hydroxylation sites is 1. The molecule has 5 unspecified atom stereocenters. The molecule has 0 fully saturated rings. The van der Waals surface area contributed by atoms with Crippen molar-refractivity contribution in [3.05, 3.63) is 36.0 Å². The highest BCUT2D eigenvalue weighted by atomic mass is 16.4. The van der Waals surface area contributed by atoms with Gasteiger partial charge in [0.1, 0.15) is 24.2 Å². The van der Waals surface area contributed by atoms with Gasteiger partial charge in [0, 0.05) is 23.5 Å². The Hall–Kier alpha value is -4.01. The zero-order chi connectivity index (χ0) is 27.0. The zero-order valence-corrected chi connectivity index (χ0v) is 19.4. The molecule has 0 radical (unpaired) electrons. The average Bonchev–Trinajstić information content (AvgIpc) is 3.22. The van der Waals surface area contributed by atoms with Crippen LogP contribution in [0.15, 0.2) is 30.5 Å². The van der Waals surface area contributed by atoms with Crippen LogP contribution in [-0.4, -0.2) is 86.8 Å². The number of rotatable bonds is 13. The van der Waals surface area contributed by atoms with E-state index in [1.807, 2.05) is 0 Å². The summed E-state index contributed by atoms with van der Waals surface area (Å²) in [7, 11) is 0. The highest BCUT2D eigenvalue weighted by Crippen LogP contribution is 2.19. The number of aliphatic hydroxyl groups is 2. The lowest BCUT2D eigenvalue weighted by molar-refractivity contribution is -0.143. The second-order valence-corrected chi connectivity index (χ2v) is 8.21. The molecule has 0 saturated heterocycles. The van der Waals surface area contributed by atoms with Crippen LogP contribution in [-0.2, 0) is 30.4 Å². The number of aromatic nitrogens is 1. The molecule has 2 aromatic rings. The number of amides is 4. The minimum atomic E-state index is -1.64. The van der Waals surface area contributed by atoms with Gasteiger partial charge in [0.15, 0.2) is 0 Å². The fourth-order valence-electron chi connectivity index (χ4n) is 3.41. The minimum Gasteiger partial charge on any atom is -0.480 e. The van der Waals surface area contributed by atoms with E-state index in [1.54, 1.807) is 30.5 Å². The number of aliphatic carboxylic acids is 1. The van der Waals surface area contributed by atoms with Gasteiger partial charge in [0.05, 0.1) is 19.1 Å². The summed E-state index contributed by atoms with van der Waals surface area (Å²) in [5.74, 6) is -5.34. The lowest BCUT2D eigenvalue weighted by Gasteiger charge is -2.26. The third kappa shape index (κ3) is 7.49. The molecule has 1 aromatic carbocycles. The van der Waals surface area contributed by atoms with Crippen molar-refractivity contribution in [1.82, 2.24) is 20.9 Å². The summed E-state index contributed by atoms with van der Waals surface area (Å²) in [6, 6.07) is 1.19. The Morgan fingerprint density at radius 3 is 2.22 bits per heavy atom. The second kappa shape index (κ2) is 12.6. The molecule has 36 heavy (non-hydrogen) atoms. The van der Waals surface area contributed by atoms with Gasteiger partial charge in [-0.05, 0) is 18.6 Å². The van der Waals surface area contributed by atoms with Crippen molar-refractivity contribution < 1.29 is 39.3 Å². The molecule has 2 rings (SSSR count). The standard InChI is InChI=1S/C22H30N6O8/c1-10(30)18(28-20(33)15(7-17(24)31)26-19(32)13(23)9-29)21(34)27-16(22(35)36)6-11-8-25-14-5-3-2-4-12(11)14/h2-5,8,10,13,15-16,18,25,29-30H,6-7,9,23H2,1H3,(H2,24,31)(H,26,32)(H,27,34)(H,28,33)(H,35,36). The normalized spacial score (nSPS) is 15.2. The molecular weight excluding hydrogens is 476 g/mol. The summed E-state index contributed by atoms with van der Waals surface area (Å²) < 4.78 is 0. The highest BCUT2D eigenvalue weighted by Gasteiger charge is 2.33. The van der Waals surface area contributed by atoms with Crippen molar-refractivity contribution >= 4 is 40.5 Å². The molecule has 0 spiro atoms. The first kappa shape index (κ1) is 28.2. The first-order valence-electron chi connectivity index (χ1n) is 11.0. The largest absolute Gasteiger partial charge is 0.480 e. The molecule has 0 aliphatic heterocycles. The molecular formula is C22H30N6O8. The average molecular weight is 507 g/mol. The molecule has 4 amide bonds. The van der Waals surface area contributed by atoms with Crippen molar-refractivity contribution in [3.8, 4) is 0 Å². The maximum atomic E-state index is 12.9. The lowest BCUT2D eigenvalue weighted by Crippen LogP contribution is -2.60. The smallest absolute Gasteiger partial charge is 0.326 e. The molecule has 0 saturated carbocycles. The number of aromatic amines is 1. The summed E-state index contributed by atoms with van der Waals surface area (Å²) >= 11 is 0. The van der Waals surface area contributed by atoms with E-state index in [-0.39, 0.29) is 6.42 Å². The third-order valence-electron chi connectivity index (χ3n) is 5.35. The van der Waals surface area contributed by atoms with Crippen LogP contribution in [0, 0.1) is 0 Å². The number of carbonyl (C=O) groups excluding carboxylic acids is 4. The molecule has 11 N–H and O–H groups in total. The van der Waals surface area contributed by atoms with E-state index in [1.165, 1.54) is 6.92 Å². The summed E-state index contributed by atoms with van der Waals surface area (Å²) in [6.07, 6.45) is -0.622. The summed E-state index contributed by atoms with van der Waals surface area (Å²) in [4.78, 5) is 63.8. The molecule has 1 aromatic heterocycles. The van der Waals surface area contributed by atoms with Crippen LogP contribution in [0.5, 0.6) is 0 Å². The number of nitrogens with two attached hydrogens (primary N) is 2. The first-order chi connectivity index (χ1) is 16.9. The Bertz CT molecular complexity index is 1120. The van der Waals surface area contributed by atoms with Gasteiger partial charge in [-0.3, -0.25) is 19.2 Å². The van der Waals surface area contributed by atoms with Crippen LogP contribution in [0.1, 0.15) is 18.9 Å². The van der Waals surface area contributed by atoms with Crippen LogP contribution in [0.4, 0.5) is 0 Å². The molecule has 14 nitrogen and oxygen atoms in total. The fraction of sp³-hybridized carbons (Fsp3) is 0.409. The van der Waals surface area contributed by atoms with Crippen molar-refractivity contribution in [2.75, 3.05) is 6.61 Å². The van der Waals surface area contributed by atoms with Gasteiger partial charge in [-0.15, -0.1) is 0 Å². The number of primary amides is 1.